The fourth-order valence-electron chi connectivity index (χ4n) is 3.53. The molecular formula is C23H11N4O12S2-5. The third kappa shape index (κ3) is 5.75. The summed E-state index contributed by atoms with van der Waals surface area (Å²) in [4.78, 5) is 34.8. The number of hydrogen-bond acceptors (Lipinski definition) is 14. The Labute approximate surface area is 229 Å². The van der Waals surface area contributed by atoms with Gasteiger partial charge < -0.3 is 34.0 Å². The average Bonchev–Trinajstić information content (AvgIpc) is 3.40. The van der Waals surface area contributed by atoms with E-state index < -0.39 is 76.3 Å². The molecule has 0 radical (unpaired) electrons. The Morgan fingerprint density at radius 3 is 1.78 bits per heavy atom. The highest BCUT2D eigenvalue weighted by atomic mass is 32.2. The van der Waals surface area contributed by atoms with Gasteiger partial charge in [0.25, 0.3) is 5.91 Å². The van der Waals surface area contributed by atoms with Gasteiger partial charge in [-0.05, 0) is 60.5 Å². The van der Waals surface area contributed by atoms with Crippen LogP contribution in [0.2, 0.25) is 0 Å². The number of allylic oxidation sites excluding steroid dienone is 2. The minimum atomic E-state index is -4.80. The van der Waals surface area contributed by atoms with Crippen LogP contribution in [0.25, 0.3) is 11.8 Å². The van der Waals surface area contributed by atoms with Gasteiger partial charge in [-0.25, -0.2) is 21.5 Å². The largest absolute Gasteiger partial charge is 0.858 e. The monoisotopic (exact) mass is 599 g/mol. The van der Waals surface area contributed by atoms with Crippen LogP contribution >= 0.6 is 0 Å². The summed E-state index contributed by atoms with van der Waals surface area (Å²) in [6, 6.07) is 7.63. The topological polar surface area (TPSA) is 268 Å². The lowest BCUT2D eigenvalue weighted by Crippen LogP contribution is -2.32. The van der Waals surface area contributed by atoms with Crippen LogP contribution in [0.3, 0.4) is 0 Å². The molecule has 3 aromatic rings. The van der Waals surface area contributed by atoms with Gasteiger partial charge in [-0.15, -0.1) is 0 Å². The normalized spacial score (nSPS) is 15.1. The number of hydrazone groups is 1. The average molecular weight is 599 g/mol. The Hall–Kier alpha value is -5.17. The van der Waals surface area contributed by atoms with E-state index in [0.29, 0.717) is 9.69 Å². The Morgan fingerprint density at radius 2 is 1.32 bits per heavy atom. The zero-order valence-corrected chi connectivity index (χ0v) is 21.5. The van der Waals surface area contributed by atoms with Gasteiger partial charge in [-0.1, -0.05) is 12.2 Å². The van der Waals surface area contributed by atoms with Gasteiger partial charge in [-0.2, -0.15) is 15.2 Å². The summed E-state index contributed by atoms with van der Waals surface area (Å²) < 4.78 is 67.3. The zero-order valence-electron chi connectivity index (χ0n) is 19.9. The highest BCUT2D eigenvalue weighted by Crippen LogP contribution is 2.27. The van der Waals surface area contributed by atoms with E-state index in [1.807, 2.05) is 0 Å². The van der Waals surface area contributed by atoms with Crippen LogP contribution in [-0.4, -0.2) is 59.3 Å². The molecule has 1 aromatic heterocycles. The molecule has 0 unspecified atom stereocenters. The molecule has 0 saturated carbocycles. The predicted molar refractivity (Wildman–Crippen MR) is 127 cm³/mol. The number of benzene rings is 2. The van der Waals surface area contributed by atoms with Crippen LogP contribution in [-0.2, 0) is 29.8 Å². The first-order chi connectivity index (χ1) is 19.1. The number of carboxylic acid groups (broad SMARTS) is 2. The number of nitrogens with zero attached hydrogens (tertiary/aromatic N) is 4. The lowest BCUT2D eigenvalue weighted by molar-refractivity contribution is -0.294. The molecule has 0 bridgehead atoms. The number of carbonyl (C=O) groups is 3. The smallest absolute Gasteiger partial charge is 0.281 e. The van der Waals surface area contributed by atoms with Crippen LogP contribution in [0.5, 0.6) is 5.88 Å². The SMILES string of the molecule is O=C([O-])C1=NN(c2ccc(S(=O)(=O)[O-])cc2)C(=O)/C1=C\C=C\c1c(C(=O)[O-])nn(-c2ccc(S(=O)(=O)[O-])cc2)c1[O-]. The van der Waals surface area contributed by atoms with E-state index in [2.05, 4.69) is 10.2 Å². The Morgan fingerprint density at radius 1 is 0.805 bits per heavy atom. The van der Waals surface area contributed by atoms with Gasteiger partial charge in [0, 0.05) is 5.56 Å². The molecule has 1 aliphatic heterocycles. The highest BCUT2D eigenvalue weighted by molar-refractivity contribution is 7.86. The van der Waals surface area contributed by atoms with Gasteiger partial charge in [0.1, 0.15) is 31.6 Å². The number of amides is 1. The lowest BCUT2D eigenvalue weighted by Gasteiger charge is -2.13. The van der Waals surface area contributed by atoms with Gasteiger partial charge in [0.15, 0.2) is 0 Å². The molecule has 1 amide bonds. The number of aliphatic carboxylic acids is 1. The van der Waals surface area contributed by atoms with Crippen molar-refractivity contribution >= 4 is 55.6 Å². The zero-order chi connectivity index (χ0) is 30.3. The van der Waals surface area contributed by atoms with E-state index in [-0.39, 0.29) is 11.4 Å². The number of hydrogen-bond donors (Lipinski definition) is 0. The summed E-state index contributed by atoms with van der Waals surface area (Å²) in [5.41, 5.74) is -3.05. The lowest BCUT2D eigenvalue weighted by atomic mass is 10.1. The van der Waals surface area contributed by atoms with Crippen LogP contribution < -0.4 is 20.3 Å². The van der Waals surface area contributed by atoms with Crippen molar-refractivity contribution in [3.63, 3.8) is 0 Å². The number of aromatic carboxylic acids is 1. The Bertz CT molecular complexity index is 1910. The summed E-state index contributed by atoms with van der Waals surface area (Å²) in [5.74, 6) is -5.82. The van der Waals surface area contributed by atoms with Crippen LogP contribution in [0, 0.1) is 0 Å². The maximum Gasteiger partial charge on any atom is 0.281 e. The second-order valence-electron chi connectivity index (χ2n) is 7.96. The number of carboxylic acids is 2. The van der Waals surface area contributed by atoms with Crippen LogP contribution in [0.4, 0.5) is 5.69 Å². The van der Waals surface area contributed by atoms with Crippen molar-refractivity contribution < 1.29 is 55.6 Å². The summed E-state index contributed by atoms with van der Waals surface area (Å²) in [7, 11) is -9.59. The minimum Gasteiger partial charge on any atom is -0.858 e. The molecule has 16 nitrogen and oxygen atoms in total. The van der Waals surface area contributed by atoms with E-state index in [9.17, 15) is 55.6 Å². The summed E-state index contributed by atoms with van der Waals surface area (Å²) >= 11 is 0. The molecule has 0 atom stereocenters. The second-order valence-corrected chi connectivity index (χ2v) is 10.7. The molecule has 41 heavy (non-hydrogen) atoms. The standard InChI is InChI=1S/C23H16N4O12S2/c28-20-16(18(22(30)31)24-26(20)12-4-8-14(9-5-12)40(34,35)36)2-1-3-17-19(23(32)33)25-27(21(17)29)13-6-10-15(11-7-13)41(37,38)39/h1-11,28H,(H,30,31)(H,32,33)(H,34,35,36)(H,37,38,39)/p-5/b2-1+,17-3-. The van der Waals surface area contributed by atoms with E-state index in [0.717, 1.165) is 66.8 Å². The molecule has 0 fully saturated rings. The van der Waals surface area contributed by atoms with Crippen molar-refractivity contribution in [2.45, 2.75) is 9.79 Å². The summed E-state index contributed by atoms with van der Waals surface area (Å²) in [6.07, 6.45) is 2.72. The predicted octanol–water partition coefficient (Wildman–Crippen LogP) is -2.79. The van der Waals surface area contributed by atoms with Crippen molar-refractivity contribution in [3.05, 3.63) is 77.5 Å². The van der Waals surface area contributed by atoms with E-state index >= 15 is 0 Å². The van der Waals surface area contributed by atoms with Crippen LogP contribution in [0.15, 0.2) is 81.1 Å². The van der Waals surface area contributed by atoms with Gasteiger partial charge in [0.05, 0.1) is 38.7 Å². The van der Waals surface area contributed by atoms with Gasteiger partial charge in [-0.3, -0.25) is 4.79 Å². The van der Waals surface area contributed by atoms with E-state index in [1.54, 1.807) is 0 Å². The molecule has 2 aromatic carbocycles. The maximum atomic E-state index is 12.9. The summed E-state index contributed by atoms with van der Waals surface area (Å²) in [6.45, 7) is 0. The molecule has 2 heterocycles. The van der Waals surface area contributed by atoms with Crippen molar-refractivity contribution in [1.82, 2.24) is 9.78 Å². The third-order valence-corrected chi connectivity index (χ3v) is 7.11. The molecule has 0 saturated heterocycles. The first-order valence-corrected chi connectivity index (χ1v) is 13.6. The molecule has 0 N–H and O–H groups in total. The van der Waals surface area contributed by atoms with E-state index in [4.69, 9.17) is 0 Å². The Kier molecular flexibility index (Phi) is 7.33. The molecular weight excluding hydrogens is 588 g/mol. The number of anilines is 1. The first kappa shape index (κ1) is 28.8. The Balaban J connectivity index is 1.69. The maximum absolute atomic E-state index is 12.9. The fourth-order valence-corrected chi connectivity index (χ4v) is 4.47. The summed E-state index contributed by atoms with van der Waals surface area (Å²) in [5, 5.41) is 43.9. The van der Waals surface area contributed by atoms with Crippen LogP contribution in [0.1, 0.15) is 16.1 Å². The van der Waals surface area contributed by atoms with Crippen molar-refractivity contribution in [3.8, 4) is 11.6 Å². The van der Waals surface area contributed by atoms with Crippen molar-refractivity contribution in [2.24, 2.45) is 5.10 Å². The fraction of sp³-hybridized carbons (Fsp3) is 0. The first-order valence-electron chi connectivity index (χ1n) is 10.8. The third-order valence-electron chi connectivity index (χ3n) is 5.41. The highest BCUT2D eigenvalue weighted by Gasteiger charge is 2.31. The molecule has 0 aliphatic carbocycles. The molecule has 1 aliphatic rings. The molecule has 4 rings (SSSR count). The molecule has 0 spiro atoms. The van der Waals surface area contributed by atoms with Gasteiger partial charge >= 0.3 is 0 Å². The van der Waals surface area contributed by atoms with Crippen molar-refractivity contribution in [2.75, 3.05) is 5.01 Å². The van der Waals surface area contributed by atoms with Crippen molar-refractivity contribution in [1.29, 1.82) is 0 Å². The number of rotatable bonds is 8. The van der Waals surface area contributed by atoms with Gasteiger partial charge in [0.2, 0.25) is 0 Å². The molecule has 212 valence electrons. The molecule has 18 heteroatoms. The second kappa shape index (κ2) is 10.4. The number of aromatic nitrogens is 2. The minimum absolute atomic E-state index is 0.105. The number of carbonyl (C=O) groups excluding carboxylic acids is 3. The quantitative estimate of drug-likeness (QED) is 0.187. The van der Waals surface area contributed by atoms with E-state index in [1.165, 1.54) is 0 Å².